The van der Waals surface area contributed by atoms with E-state index in [-0.39, 0.29) is 0 Å². The van der Waals surface area contributed by atoms with Gasteiger partial charge in [0.25, 0.3) is 0 Å². The first-order chi connectivity index (χ1) is 13.9. The number of fused-ring (bicyclic) bond motifs is 1. The van der Waals surface area contributed by atoms with E-state index in [4.69, 9.17) is 4.98 Å². The van der Waals surface area contributed by atoms with Crippen molar-refractivity contribution in [1.82, 2.24) is 19.2 Å². The fraction of sp³-hybridized carbons (Fsp3) is 0.261. The van der Waals surface area contributed by atoms with Crippen LogP contribution in [-0.4, -0.2) is 45.4 Å². The van der Waals surface area contributed by atoms with Gasteiger partial charge < -0.3 is 4.40 Å². The van der Waals surface area contributed by atoms with Crippen LogP contribution in [0.5, 0.6) is 0 Å². The number of aromatic nitrogens is 2. The van der Waals surface area contributed by atoms with Crippen LogP contribution in [0.1, 0.15) is 10.6 Å². The Kier molecular flexibility index (Phi) is 4.95. The van der Waals surface area contributed by atoms with Crippen LogP contribution in [0.15, 0.2) is 72.2 Å². The summed E-state index contributed by atoms with van der Waals surface area (Å²) in [7, 11) is 0. The van der Waals surface area contributed by atoms with Gasteiger partial charge in [-0.05, 0) is 23.6 Å². The van der Waals surface area contributed by atoms with E-state index in [0.717, 1.165) is 50.6 Å². The Hall–Kier alpha value is -2.47. The first kappa shape index (κ1) is 17.6. The van der Waals surface area contributed by atoms with E-state index in [2.05, 4.69) is 86.4 Å². The van der Waals surface area contributed by atoms with Crippen molar-refractivity contribution >= 4 is 17.0 Å². The van der Waals surface area contributed by atoms with Crippen LogP contribution >= 0.6 is 11.3 Å². The van der Waals surface area contributed by atoms with Crippen molar-refractivity contribution < 1.29 is 0 Å². The molecular weight excluding hydrogens is 364 g/mol. The molecule has 1 fully saturated rings. The molecule has 4 heterocycles. The highest BCUT2D eigenvalue weighted by molar-refractivity contribution is 7.09. The van der Waals surface area contributed by atoms with E-state index in [0.29, 0.717) is 0 Å². The Bertz CT molecular complexity index is 1030. The van der Waals surface area contributed by atoms with E-state index in [1.54, 1.807) is 0 Å². The number of rotatable bonds is 5. The zero-order valence-electron chi connectivity index (χ0n) is 15.9. The van der Waals surface area contributed by atoms with Crippen LogP contribution < -0.4 is 0 Å². The molecule has 0 unspecified atom stereocenters. The molecule has 0 aliphatic carbocycles. The average molecular weight is 389 g/mol. The van der Waals surface area contributed by atoms with E-state index >= 15 is 0 Å². The van der Waals surface area contributed by atoms with Gasteiger partial charge in [0.2, 0.25) is 0 Å². The van der Waals surface area contributed by atoms with Gasteiger partial charge in [-0.3, -0.25) is 9.80 Å². The predicted octanol–water partition coefficient (Wildman–Crippen LogP) is 4.38. The molecule has 1 aromatic carbocycles. The number of benzene rings is 1. The van der Waals surface area contributed by atoms with E-state index in [1.807, 2.05) is 11.3 Å². The summed E-state index contributed by atoms with van der Waals surface area (Å²) in [6, 6.07) is 21.2. The molecule has 1 saturated heterocycles. The van der Waals surface area contributed by atoms with Crippen LogP contribution in [0.2, 0.25) is 0 Å². The largest absolute Gasteiger partial charge is 0.302 e. The quantitative estimate of drug-likeness (QED) is 0.507. The summed E-state index contributed by atoms with van der Waals surface area (Å²) in [5.74, 6) is 0. The number of imidazole rings is 1. The second-order valence-corrected chi connectivity index (χ2v) is 8.37. The van der Waals surface area contributed by atoms with Gasteiger partial charge in [-0.1, -0.05) is 42.5 Å². The maximum Gasteiger partial charge on any atom is 0.137 e. The van der Waals surface area contributed by atoms with Gasteiger partial charge >= 0.3 is 0 Å². The molecule has 0 spiro atoms. The number of nitrogens with zero attached hydrogens (tertiary/aromatic N) is 4. The van der Waals surface area contributed by atoms with Gasteiger partial charge in [0.05, 0.1) is 11.4 Å². The second-order valence-electron chi connectivity index (χ2n) is 7.33. The molecule has 28 heavy (non-hydrogen) atoms. The molecule has 0 saturated carbocycles. The molecule has 5 heteroatoms. The van der Waals surface area contributed by atoms with Crippen molar-refractivity contribution in [1.29, 1.82) is 0 Å². The summed E-state index contributed by atoms with van der Waals surface area (Å²) in [5, 5.41) is 2.17. The molecule has 4 aromatic rings. The molecule has 0 N–H and O–H groups in total. The van der Waals surface area contributed by atoms with Gasteiger partial charge in [-0.15, -0.1) is 11.3 Å². The lowest BCUT2D eigenvalue weighted by Crippen LogP contribution is -2.45. The Morgan fingerprint density at radius 3 is 2.29 bits per heavy atom. The van der Waals surface area contributed by atoms with Crippen LogP contribution in [-0.2, 0) is 13.1 Å². The highest BCUT2D eigenvalue weighted by atomic mass is 32.1. The van der Waals surface area contributed by atoms with Gasteiger partial charge in [0.15, 0.2) is 0 Å². The second kappa shape index (κ2) is 7.87. The third-order valence-electron chi connectivity index (χ3n) is 5.47. The van der Waals surface area contributed by atoms with E-state index < -0.39 is 0 Å². The smallest absolute Gasteiger partial charge is 0.137 e. The predicted molar refractivity (Wildman–Crippen MR) is 116 cm³/mol. The summed E-state index contributed by atoms with van der Waals surface area (Å²) in [5.41, 5.74) is 4.60. The van der Waals surface area contributed by atoms with Gasteiger partial charge in [-0.25, -0.2) is 4.98 Å². The lowest BCUT2D eigenvalue weighted by atomic mass is 10.1. The highest BCUT2D eigenvalue weighted by Crippen LogP contribution is 2.26. The molecule has 0 radical (unpaired) electrons. The van der Waals surface area contributed by atoms with Crippen LogP contribution in [0.3, 0.4) is 0 Å². The van der Waals surface area contributed by atoms with Crippen molar-refractivity contribution in [2.45, 2.75) is 13.1 Å². The van der Waals surface area contributed by atoms with Gasteiger partial charge in [-0.2, -0.15) is 0 Å². The molecule has 0 atom stereocenters. The Balaban J connectivity index is 1.35. The summed E-state index contributed by atoms with van der Waals surface area (Å²) >= 11 is 1.86. The number of hydrogen-bond acceptors (Lipinski definition) is 4. The maximum atomic E-state index is 4.94. The summed E-state index contributed by atoms with van der Waals surface area (Å²) in [6.45, 7) is 6.45. The first-order valence-electron chi connectivity index (χ1n) is 9.85. The fourth-order valence-electron chi connectivity index (χ4n) is 3.97. The number of hydrogen-bond donors (Lipinski definition) is 0. The van der Waals surface area contributed by atoms with E-state index in [1.165, 1.54) is 16.1 Å². The zero-order chi connectivity index (χ0) is 18.8. The molecule has 5 rings (SSSR count). The Morgan fingerprint density at radius 1 is 0.786 bits per heavy atom. The normalized spacial score (nSPS) is 16.0. The van der Waals surface area contributed by atoms with Crippen LogP contribution in [0, 0.1) is 0 Å². The summed E-state index contributed by atoms with van der Waals surface area (Å²) in [4.78, 5) is 11.5. The van der Waals surface area contributed by atoms with Gasteiger partial charge in [0.1, 0.15) is 5.65 Å². The standard InChI is InChI=1S/C23H24N4S/c1-2-7-19(8-3-1)23-21(27-11-5-4-10-22(27)24-23)18-26-14-12-25(13-15-26)17-20-9-6-16-28-20/h1-11,16H,12-15,17-18H2. The lowest BCUT2D eigenvalue weighted by Gasteiger charge is -2.34. The minimum atomic E-state index is 0.933. The molecule has 1 aliphatic rings. The maximum absolute atomic E-state index is 4.94. The number of pyridine rings is 1. The monoisotopic (exact) mass is 388 g/mol. The average Bonchev–Trinajstić information content (AvgIpc) is 3.38. The Labute approximate surface area is 169 Å². The minimum Gasteiger partial charge on any atom is -0.302 e. The molecule has 0 bridgehead atoms. The van der Waals surface area contributed by atoms with Crippen molar-refractivity contribution in [2.24, 2.45) is 0 Å². The van der Waals surface area contributed by atoms with Crippen molar-refractivity contribution in [3.8, 4) is 11.3 Å². The van der Waals surface area contributed by atoms with Crippen molar-refractivity contribution in [3.63, 3.8) is 0 Å². The van der Waals surface area contributed by atoms with E-state index in [9.17, 15) is 0 Å². The third kappa shape index (κ3) is 3.61. The highest BCUT2D eigenvalue weighted by Gasteiger charge is 2.21. The lowest BCUT2D eigenvalue weighted by molar-refractivity contribution is 0.121. The van der Waals surface area contributed by atoms with Gasteiger partial charge in [0, 0.05) is 55.9 Å². The van der Waals surface area contributed by atoms with Crippen LogP contribution in [0.4, 0.5) is 0 Å². The minimum absolute atomic E-state index is 0.933. The Morgan fingerprint density at radius 2 is 1.54 bits per heavy atom. The first-order valence-corrected chi connectivity index (χ1v) is 10.7. The number of piperazine rings is 1. The number of thiophene rings is 1. The molecule has 142 valence electrons. The molecular formula is C23H24N4S. The molecule has 3 aromatic heterocycles. The third-order valence-corrected chi connectivity index (χ3v) is 6.34. The molecule has 4 nitrogen and oxygen atoms in total. The SMILES string of the molecule is c1ccc(-c2nc3ccccn3c2CN2CCN(Cc3cccs3)CC2)cc1. The molecule has 1 aliphatic heterocycles. The molecule has 0 amide bonds. The summed E-state index contributed by atoms with van der Waals surface area (Å²) < 4.78 is 2.25. The fourth-order valence-corrected chi connectivity index (χ4v) is 4.71. The van der Waals surface area contributed by atoms with Crippen molar-refractivity contribution in [2.75, 3.05) is 26.2 Å². The van der Waals surface area contributed by atoms with Crippen molar-refractivity contribution in [3.05, 3.63) is 82.8 Å². The zero-order valence-corrected chi connectivity index (χ0v) is 16.7. The topological polar surface area (TPSA) is 23.8 Å². The summed E-state index contributed by atoms with van der Waals surface area (Å²) in [6.07, 6.45) is 2.14. The van der Waals surface area contributed by atoms with Crippen LogP contribution in [0.25, 0.3) is 16.9 Å².